The van der Waals surface area contributed by atoms with Gasteiger partial charge in [-0.1, -0.05) is 71.6 Å². The number of phenolic OH excluding ortho intramolecular Hbond substituents is 2. The topological polar surface area (TPSA) is 142 Å². The van der Waals surface area contributed by atoms with Crippen LogP contribution < -0.4 is 20.7 Å². The predicted octanol–water partition coefficient (Wildman–Crippen LogP) is 10.2. The molecule has 0 bridgehead atoms. The molecule has 3 fully saturated rings. The first-order valence-electron chi connectivity index (χ1n) is 23.2. The fourth-order valence-corrected chi connectivity index (χ4v) is 13.5. The van der Waals surface area contributed by atoms with Gasteiger partial charge in [0.25, 0.3) is 0 Å². The molecule has 0 saturated heterocycles. The van der Waals surface area contributed by atoms with Gasteiger partial charge in [0.15, 0.2) is 10.7 Å². The molecule has 0 radical (unpaired) electrons. The monoisotopic (exact) mass is 863 g/mol. The van der Waals surface area contributed by atoms with Crippen molar-refractivity contribution in [2.75, 3.05) is 18.4 Å². The van der Waals surface area contributed by atoms with Crippen LogP contribution in [0.1, 0.15) is 132 Å². The lowest BCUT2D eigenvalue weighted by Gasteiger charge is -2.58. The summed E-state index contributed by atoms with van der Waals surface area (Å²) in [6.45, 7) is 13.3. The molecular weight excluding hydrogens is 799 g/mol. The number of hydrogen-bond acceptors (Lipinski definition) is 9. The third-order valence-corrected chi connectivity index (χ3v) is 16.6. The molecule has 10 nitrogen and oxygen atoms in total. The first-order chi connectivity index (χ1) is 29.7. The molecular formula is C51H65N3O7S. The maximum absolute atomic E-state index is 13.5. The van der Waals surface area contributed by atoms with E-state index in [1.165, 1.54) is 75.6 Å². The summed E-state index contributed by atoms with van der Waals surface area (Å²) in [5, 5.41) is 41.1. The van der Waals surface area contributed by atoms with Gasteiger partial charge in [-0.25, -0.2) is 4.79 Å². The second kappa shape index (κ2) is 16.8. The number of allylic oxidation sites excluding steroid dienone is 1. The number of rotatable bonds is 12. The number of thiocarbonyl (C=S) groups is 1. The highest BCUT2D eigenvalue weighted by Gasteiger charge is 2.59. The Morgan fingerprint density at radius 2 is 1.61 bits per heavy atom. The molecule has 1 unspecified atom stereocenters. The van der Waals surface area contributed by atoms with Crippen LogP contribution in [-0.4, -0.2) is 52.0 Å². The summed E-state index contributed by atoms with van der Waals surface area (Å²) in [5.74, 6) is 4.99. The van der Waals surface area contributed by atoms with E-state index in [0.29, 0.717) is 63.1 Å². The van der Waals surface area contributed by atoms with Gasteiger partial charge in [0, 0.05) is 47.6 Å². The van der Waals surface area contributed by atoms with Gasteiger partial charge >= 0.3 is 5.97 Å². The Morgan fingerprint density at radius 3 is 2.34 bits per heavy atom. The summed E-state index contributed by atoms with van der Waals surface area (Å²) >= 11 is 5.60. The van der Waals surface area contributed by atoms with Crippen molar-refractivity contribution in [1.82, 2.24) is 10.6 Å². The van der Waals surface area contributed by atoms with Gasteiger partial charge in [-0.3, -0.25) is 5.32 Å². The minimum Gasteiger partial charge on any atom is -0.508 e. The molecule has 3 aromatic rings. The first-order valence-corrected chi connectivity index (χ1v) is 23.6. The Balaban J connectivity index is 0.759. The van der Waals surface area contributed by atoms with Crippen LogP contribution in [-0.2, 0) is 15.1 Å². The van der Waals surface area contributed by atoms with Gasteiger partial charge in [0.1, 0.15) is 23.0 Å². The maximum Gasteiger partial charge on any atom is 0.340 e. The van der Waals surface area contributed by atoms with Crippen LogP contribution in [0.5, 0.6) is 23.0 Å². The second-order valence-corrected chi connectivity index (χ2v) is 20.7. The molecule has 1 spiro atoms. The number of aromatic hydroxyl groups is 2. The Hall–Kier alpha value is -4.16. The molecule has 6 aliphatic rings. The van der Waals surface area contributed by atoms with Crippen molar-refractivity contribution in [3.63, 3.8) is 0 Å². The predicted molar refractivity (Wildman–Crippen MR) is 244 cm³/mol. The number of benzene rings is 3. The van der Waals surface area contributed by atoms with Crippen molar-refractivity contribution < 1.29 is 34.3 Å². The van der Waals surface area contributed by atoms with E-state index < -0.39 is 18.0 Å². The zero-order valence-corrected chi connectivity index (χ0v) is 37.8. The van der Waals surface area contributed by atoms with E-state index in [0.717, 1.165) is 54.8 Å². The fraction of sp³-hybridized carbons (Fsp3) is 0.569. The van der Waals surface area contributed by atoms with E-state index in [2.05, 4.69) is 56.6 Å². The van der Waals surface area contributed by atoms with Gasteiger partial charge in [0.05, 0.1) is 11.7 Å². The molecule has 4 aliphatic carbocycles. The highest BCUT2D eigenvalue weighted by Crippen LogP contribution is 2.67. The summed E-state index contributed by atoms with van der Waals surface area (Å²) in [6, 6.07) is 14.7. The number of esters is 1. The highest BCUT2D eigenvalue weighted by molar-refractivity contribution is 7.80. The lowest BCUT2D eigenvalue weighted by atomic mass is 9.47. The van der Waals surface area contributed by atoms with Crippen LogP contribution in [0.2, 0.25) is 0 Å². The van der Waals surface area contributed by atoms with Crippen LogP contribution in [0.4, 0.5) is 5.69 Å². The van der Waals surface area contributed by atoms with Crippen molar-refractivity contribution in [2.45, 2.75) is 123 Å². The van der Waals surface area contributed by atoms with Crippen molar-refractivity contribution in [3.8, 4) is 23.0 Å². The van der Waals surface area contributed by atoms with Crippen LogP contribution in [0, 0.1) is 46.3 Å². The number of anilines is 1. The minimum atomic E-state index is -1.33. The van der Waals surface area contributed by atoms with E-state index >= 15 is 0 Å². The minimum absolute atomic E-state index is 0.00244. The fourth-order valence-electron chi connectivity index (χ4n) is 13.3. The van der Waals surface area contributed by atoms with E-state index in [1.54, 1.807) is 23.8 Å². The highest BCUT2D eigenvalue weighted by atomic mass is 32.1. The number of nitrogens with one attached hydrogen (secondary N) is 3. The number of aliphatic hydroxyl groups excluding tert-OH is 1. The lowest BCUT2D eigenvalue weighted by molar-refractivity contribution is -0.164. The molecule has 2 aliphatic heterocycles. The van der Waals surface area contributed by atoms with E-state index in [1.807, 2.05) is 12.1 Å². The van der Waals surface area contributed by atoms with Crippen LogP contribution in [0.15, 0.2) is 66.2 Å². The van der Waals surface area contributed by atoms with Crippen LogP contribution in [0.3, 0.4) is 0 Å². The van der Waals surface area contributed by atoms with Crippen molar-refractivity contribution in [1.29, 1.82) is 0 Å². The molecule has 0 amide bonds. The third-order valence-electron chi connectivity index (χ3n) is 16.3. The number of hydrogen-bond donors (Lipinski definition) is 6. The standard InChI is InChI=1S/C51H65N3O7S/c1-29(2)7-6-8-30(3)38-17-18-39-36-13-9-31-25-35(19-21-49(31,4)40(36)20-22-50(38,39)5)59-48(58)53-24-23-52-47(62)54-32-10-14-41-37(26-32)46(57)61-51(41)42-15-11-33(55)27-44(42)60-45-28-34(56)12-16-43(45)51/h9-12,14-16,26-30,35-36,38-40,48,53,55-56,58H,6-8,13,17-25H2,1-5H3,(H2,52,54,62)/t30-,35+,36+,38-,39+,40+,48?,49+,50-/m1/s1. The number of fused-ring (bicyclic) bond motifs is 11. The van der Waals surface area contributed by atoms with E-state index in [9.17, 15) is 20.1 Å². The van der Waals surface area contributed by atoms with Gasteiger partial charge in [-0.15, -0.1) is 0 Å². The van der Waals surface area contributed by atoms with Crippen molar-refractivity contribution in [3.05, 3.63) is 88.5 Å². The van der Waals surface area contributed by atoms with E-state index in [-0.39, 0.29) is 23.0 Å². The summed E-state index contributed by atoms with van der Waals surface area (Å²) in [5.41, 5.74) is 3.62. The molecule has 11 heteroatoms. The van der Waals surface area contributed by atoms with Crippen molar-refractivity contribution >= 4 is 29.0 Å². The third kappa shape index (κ3) is 7.58. The Kier molecular flexibility index (Phi) is 11.7. The summed E-state index contributed by atoms with van der Waals surface area (Å²) in [6.07, 6.45) is 15.3. The summed E-state index contributed by atoms with van der Waals surface area (Å²) in [4.78, 5) is 13.5. The van der Waals surface area contributed by atoms with Gasteiger partial charge < -0.3 is 40.2 Å². The molecule has 9 rings (SSSR count). The van der Waals surface area contributed by atoms with Gasteiger partial charge in [-0.05, 0) is 146 Å². The molecule has 6 N–H and O–H groups in total. The average Bonchev–Trinajstić information content (AvgIpc) is 3.73. The maximum atomic E-state index is 13.5. The Morgan fingerprint density at radius 1 is 0.887 bits per heavy atom. The zero-order chi connectivity index (χ0) is 43.6. The number of carbonyl (C=O) groups excluding carboxylic acids is 1. The Labute approximate surface area is 372 Å². The van der Waals surface area contributed by atoms with Crippen molar-refractivity contribution in [2.24, 2.45) is 46.3 Å². The molecule has 0 aromatic heterocycles. The average molecular weight is 864 g/mol. The second-order valence-electron chi connectivity index (χ2n) is 20.3. The quantitative estimate of drug-likeness (QED) is 0.0341. The number of ether oxygens (including phenoxy) is 3. The SMILES string of the molecule is CC(C)CCC[C@@H](C)[C@H]1CC[C@H]2[C@@H]3CC=C4C[C@@H](OC(O)NCCNC(=S)Nc5ccc6c(c5)C(=O)OC65c6ccc(O)cc6Oc6cc(O)ccc65)CC[C@]4(C)[C@H]3CC[C@]12C. The summed E-state index contributed by atoms with van der Waals surface area (Å²) in [7, 11) is 0. The van der Waals surface area contributed by atoms with Gasteiger partial charge in [-0.2, -0.15) is 0 Å². The first kappa shape index (κ1) is 43.1. The normalized spacial score (nSPS) is 29.8. The smallest absolute Gasteiger partial charge is 0.340 e. The lowest BCUT2D eigenvalue weighted by Crippen LogP contribution is -2.51. The van der Waals surface area contributed by atoms with Crippen LogP contribution in [0.25, 0.3) is 0 Å². The zero-order valence-electron chi connectivity index (χ0n) is 37.0. The molecule has 2 heterocycles. The largest absolute Gasteiger partial charge is 0.508 e. The molecule has 3 aromatic carbocycles. The van der Waals surface area contributed by atoms with Gasteiger partial charge in [0.2, 0.25) is 6.41 Å². The number of carbonyl (C=O) groups is 1. The van der Waals surface area contributed by atoms with E-state index in [4.69, 9.17) is 26.4 Å². The molecule has 332 valence electrons. The molecule has 9 atom stereocenters. The molecule has 62 heavy (non-hydrogen) atoms. The number of phenols is 2. The number of aliphatic hydroxyl groups is 1. The van der Waals surface area contributed by atoms with Crippen LogP contribution >= 0.6 is 12.2 Å². The Bertz CT molecular complexity index is 2190. The molecule has 3 saturated carbocycles. The summed E-state index contributed by atoms with van der Waals surface area (Å²) < 4.78 is 18.4.